The fraction of sp³-hybridized carbons (Fsp3) is 0.500. The van der Waals surface area contributed by atoms with E-state index in [1.165, 1.54) is 4.90 Å². The number of carbonyl (C=O) groups is 4. The van der Waals surface area contributed by atoms with E-state index in [1.54, 1.807) is 6.07 Å². The van der Waals surface area contributed by atoms with Crippen molar-refractivity contribution in [2.45, 2.75) is 57.4 Å². The summed E-state index contributed by atoms with van der Waals surface area (Å²) in [5, 5.41) is 11.3. The van der Waals surface area contributed by atoms with Crippen LogP contribution in [0.1, 0.15) is 53.6 Å². The van der Waals surface area contributed by atoms with Crippen LogP contribution in [0.5, 0.6) is 0 Å². The van der Waals surface area contributed by atoms with Crippen molar-refractivity contribution in [3.63, 3.8) is 0 Å². The van der Waals surface area contributed by atoms with E-state index in [-0.39, 0.29) is 30.4 Å². The molecule has 0 radical (unpaired) electrons. The predicted octanol–water partition coefficient (Wildman–Crippen LogP) is 0.346. The zero-order chi connectivity index (χ0) is 20.4. The number of hydrogen-bond acceptors (Lipinski definition) is 5. The topological polar surface area (TPSA) is 120 Å². The molecule has 3 heterocycles. The van der Waals surface area contributed by atoms with Gasteiger partial charge in [-0.1, -0.05) is 12.1 Å². The number of urea groups is 1. The second kappa shape index (κ2) is 8.20. The van der Waals surface area contributed by atoms with Crippen LogP contribution in [0, 0.1) is 0 Å². The summed E-state index contributed by atoms with van der Waals surface area (Å²) in [6, 6.07) is 4.63. The van der Waals surface area contributed by atoms with E-state index in [9.17, 15) is 19.2 Å². The van der Waals surface area contributed by atoms with Crippen molar-refractivity contribution >= 4 is 23.8 Å². The van der Waals surface area contributed by atoms with Gasteiger partial charge in [-0.3, -0.25) is 25.0 Å². The van der Waals surface area contributed by atoms with Crippen LogP contribution >= 0.6 is 0 Å². The van der Waals surface area contributed by atoms with Crippen molar-refractivity contribution in [3.05, 3.63) is 34.9 Å². The molecular weight excluding hydrogens is 374 g/mol. The summed E-state index contributed by atoms with van der Waals surface area (Å²) in [5.41, 5.74) is 2.21. The Hall–Kier alpha value is -2.94. The summed E-state index contributed by atoms with van der Waals surface area (Å²) in [5.74, 6) is -0.935. The van der Waals surface area contributed by atoms with Crippen LogP contribution in [0.15, 0.2) is 18.2 Å². The number of amides is 5. The lowest BCUT2D eigenvalue weighted by molar-refractivity contribution is -0.136. The van der Waals surface area contributed by atoms with Gasteiger partial charge < -0.3 is 15.5 Å². The molecular formula is C20H25N5O4. The maximum absolute atomic E-state index is 12.8. The van der Waals surface area contributed by atoms with E-state index in [0.717, 1.165) is 36.9 Å². The van der Waals surface area contributed by atoms with Crippen LogP contribution in [0.4, 0.5) is 4.79 Å². The highest BCUT2D eigenvalue weighted by atomic mass is 16.2. The zero-order valence-corrected chi connectivity index (χ0v) is 16.1. The molecule has 0 aliphatic carbocycles. The highest BCUT2D eigenvalue weighted by molar-refractivity contribution is 6.05. The van der Waals surface area contributed by atoms with Crippen LogP contribution in [-0.4, -0.2) is 47.4 Å². The first-order chi connectivity index (χ1) is 14.0. The maximum Gasteiger partial charge on any atom is 0.316 e. The van der Waals surface area contributed by atoms with Crippen LogP contribution in [0.3, 0.4) is 0 Å². The number of benzene rings is 1. The summed E-state index contributed by atoms with van der Waals surface area (Å²) in [6.07, 6.45) is 3.70. The summed E-state index contributed by atoms with van der Waals surface area (Å²) < 4.78 is 0. The van der Waals surface area contributed by atoms with E-state index in [2.05, 4.69) is 21.3 Å². The Kier molecular flexibility index (Phi) is 5.48. The molecule has 3 aliphatic heterocycles. The van der Waals surface area contributed by atoms with Crippen molar-refractivity contribution in [2.75, 3.05) is 6.54 Å². The van der Waals surface area contributed by atoms with Crippen molar-refractivity contribution in [1.29, 1.82) is 0 Å². The Morgan fingerprint density at radius 1 is 1.17 bits per heavy atom. The van der Waals surface area contributed by atoms with Gasteiger partial charge in [0.1, 0.15) is 6.04 Å². The lowest BCUT2D eigenvalue weighted by atomic mass is 10.0. The Morgan fingerprint density at radius 3 is 2.79 bits per heavy atom. The Labute approximate surface area is 168 Å². The van der Waals surface area contributed by atoms with Gasteiger partial charge in [-0.2, -0.15) is 0 Å². The minimum Gasteiger partial charge on any atom is -0.334 e. The van der Waals surface area contributed by atoms with E-state index >= 15 is 0 Å². The molecule has 4 rings (SSSR count). The van der Waals surface area contributed by atoms with Gasteiger partial charge in [0, 0.05) is 25.1 Å². The largest absolute Gasteiger partial charge is 0.334 e. The number of hydrogen-bond donors (Lipinski definition) is 4. The fourth-order valence-corrected chi connectivity index (χ4v) is 4.08. The number of carbonyl (C=O) groups excluding carboxylic acids is 4. The third kappa shape index (κ3) is 4.24. The molecule has 2 saturated heterocycles. The summed E-state index contributed by atoms with van der Waals surface area (Å²) in [7, 11) is 0. The Morgan fingerprint density at radius 2 is 2.03 bits per heavy atom. The van der Waals surface area contributed by atoms with Gasteiger partial charge in [-0.05, 0) is 49.4 Å². The molecule has 154 valence electrons. The molecule has 9 nitrogen and oxygen atoms in total. The van der Waals surface area contributed by atoms with Crippen molar-refractivity contribution in [3.8, 4) is 0 Å². The molecule has 2 fully saturated rings. The smallest absolute Gasteiger partial charge is 0.316 e. The van der Waals surface area contributed by atoms with Gasteiger partial charge in [-0.25, -0.2) is 4.79 Å². The second-order valence-electron chi connectivity index (χ2n) is 7.72. The lowest BCUT2D eigenvalue weighted by Crippen LogP contribution is -2.52. The molecule has 1 aromatic carbocycles. The fourth-order valence-electron chi connectivity index (χ4n) is 4.08. The minimum absolute atomic E-state index is 0.00701. The summed E-state index contributed by atoms with van der Waals surface area (Å²) in [4.78, 5) is 49.9. The highest BCUT2D eigenvalue weighted by Gasteiger charge is 2.39. The molecule has 29 heavy (non-hydrogen) atoms. The average Bonchev–Trinajstić information content (AvgIpc) is 3.03. The van der Waals surface area contributed by atoms with Crippen molar-refractivity contribution in [1.82, 2.24) is 26.2 Å². The summed E-state index contributed by atoms with van der Waals surface area (Å²) in [6.45, 7) is 1.56. The Bertz CT molecular complexity index is 849. The Balaban J connectivity index is 1.36. The predicted molar refractivity (Wildman–Crippen MR) is 104 cm³/mol. The van der Waals surface area contributed by atoms with Gasteiger partial charge >= 0.3 is 6.03 Å². The van der Waals surface area contributed by atoms with Crippen LogP contribution < -0.4 is 21.3 Å². The number of imide groups is 1. The van der Waals surface area contributed by atoms with Crippen LogP contribution in [0.25, 0.3) is 0 Å². The quantitative estimate of drug-likeness (QED) is 0.545. The van der Waals surface area contributed by atoms with Gasteiger partial charge in [-0.15, -0.1) is 0 Å². The van der Waals surface area contributed by atoms with E-state index < -0.39 is 11.9 Å². The van der Waals surface area contributed by atoms with E-state index in [4.69, 9.17) is 0 Å². The van der Waals surface area contributed by atoms with Gasteiger partial charge in [0.25, 0.3) is 5.91 Å². The molecule has 9 heteroatoms. The first kappa shape index (κ1) is 19.4. The van der Waals surface area contributed by atoms with Gasteiger partial charge in [0.15, 0.2) is 0 Å². The molecule has 0 bridgehead atoms. The SMILES string of the molecule is O=C1CCC(N2Cc3ccc(CNC(=O)NC4CCCCN4)cc3C2=O)C(=O)N1. The minimum atomic E-state index is -0.622. The highest BCUT2D eigenvalue weighted by Crippen LogP contribution is 2.28. The number of fused-ring (bicyclic) bond motifs is 1. The number of piperidine rings is 2. The number of nitrogens with zero attached hydrogens (tertiary/aromatic N) is 1. The van der Waals surface area contributed by atoms with Crippen molar-refractivity contribution < 1.29 is 19.2 Å². The molecule has 4 N–H and O–H groups in total. The monoisotopic (exact) mass is 399 g/mol. The molecule has 3 aliphatic rings. The van der Waals surface area contributed by atoms with Gasteiger partial charge in [0.2, 0.25) is 11.8 Å². The zero-order valence-electron chi connectivity index (χ0n) is 16.1. The van der Waals surface area contributed by atoms with Crippen molar-refractivity contribution in [2.24, 2.45) is 0 Å². The first-order valence-electron chi connectivity index (χ1n) is 10.1. The average molecular weight is 399 g/mol. The molecule has 2 unspecified atom stereocenters. The standard InChI is InChI=1S/C20H25N5O4/c26-17-7-6-15(18(27)24-17)25-11-13-5-4-12(9-14(13)19(25)28)10-22-20(29)23-16-3-1-2-8-21-16/h4-5,9,15-16,21H,1-3,6-8,10-11H2,(H2,22,23,29)(H,24,26,27). The summed E-state index contributed by atoms with van der Waals surface area (Å²) >= 11 is 0. The molecule has 1 aromatic rings. The van der Waals surface area contributed by atoms with E-state index in [1.807, 2.05) is 12.1 Å². The number of rotatable bonds is 4. The van der Waals surface area contributed by atoms with Crippen LogP contribution in [-0.2, 0) is 22.7 Å². The molecule has 0 saturated carbocycles. The maximum atomic E-state index is 12.8. The lowest BCUT2D eigenvalue weighted by Gasteiger charge is -2.29. The molecule has 0 aromatic heterocycles. The second-order valence-corrected chi connectivity index (χ2v) is 7.72. The van der Waals surface area contributed by atoms with Crippen LogP contribution in [0.2, 0.25) is 0 Å². The third-order valence-electron chi connectivity index (χ3n) is 5.66. The molecule has 5 amide bonds. The number of nitrogens with one attached hydrogen (secondary N) is 4. The first-order valence-corrected chi connectivity index (χ1v) is 10.1. The molecule has 2 atom stereocenters. The van der Waals surface area contributed by atoms with E-state index in [0.29, 0.717) is 25.1 Å². The van der Waals surface area contributed by atoms with Gasteiger partial charge in [0.05, 0.1) is 6.17 Å². The normalized spacial score (nSPS) is 24.1. The molecule has 0 spiro atoms. The third-order valence-corrected chi connectivity index (χ3v) is 5.66.